The maximum absolute atomic E-state index is 8.29. The van der Waals surface area contributed by atoms with Crippen molar-refractivity contribution in [3.8, 4) is 0 Å². The molecular weight excluding hydrogens is 218 g/mol. The summed E-state index contributed by atoms with van der Waals surface area (Å²) >= 11 is 0. The second kappa shape index (κ2) is 5.70. The summed E-state index contributed by atoms with van der Waals surface area (Å²) in [6.07, 6.45) is 4.86. The van der Waals surface area contributed by atoms with E-state index in [1.54, 1.807) is 0 Å². The average molecular weight is 235 g/mol. The minimum Gasteiger partial charge on any atom is -0.381 e. The highest BCUT2D eigenvalue weighted by atomic mass is 16.5. The van der Waals surface area contributed by atoms with E-state index in [1.807, 2.05) is 17.9 Å². The summed E-state index contributed by atoms with van der Waals surface area (Å²) in [4.78, 5) is 2.78. The summed E-state index contributed by atoms with van der Waals surface area (Å²) in [6.45, 7) is 2.13. The zero-order chi connectivity index (χ0) is 12.1. The van der Waals surface area contributed by atoms with Crippen LogP contribution in [0.2, 0.25) is 0 Å². The molecule has 0 aromatic carbocycles. The smallest absolute Gasteiger partial charge is 0.0689 e. The van der Waals surface area contributed by atoms with Gasteiger partial charge in [-0.05, 0) is 30.4 Å². The van der Waals surface area contributed by atoms with Gasteiger partial charge in [-0.15, -0.1) is 0 Å². The minimum atomic E-state index is 0.492. The summed E-state index contributed by atoms with van der Waals surface area (Å²) in [7, 11) is 1.93. The molecule has 1 aromatic heterocycles. The molecule has 1 fully saturated rings. The summed E-state index contributed by atoms with van der Waals surface area (Å²) in [5, 5.41) is 8.12. The number of aromatic nitrogens is 2. The van der Waals surface area contributed by atoms with Gasteiger partial charge in [0, 0.05) is 43.8 Å². The SMILES string of the molecule is Cn1cc(CCN=[N+]=[N-])c(C2CCOCC2)n1. The van der Waals surface area contributed by atoms with Crippen LogP contribution in [0.5, 0.6) is 0 Å². The third kappa shape index (κ3) is 2.99. The number of hydrogen-bond donors (Lipinski definition) is 0. The van der Waals surface area contributed by atoms with Crippen molar-refractivity contribution in [3.63, 3.8) is 0 Å². The third-order valence-electron chi connectivity index (χ3n) is 3.09. The van der Waals surface area contributed by atoms with Gasteiger partial charge in [-0.3, -0.25) is 4.68 Å². The second-order valence-corrected chi connectivity index (χ2v) is 4.30. The van der Waals surface area contributed by atoms with Crippen LogP contribution in [0.15, 0.2) is 11.3 Å². The summed E-state index contributed by atoms with van der Waals surface area (Å²) in [5.41, 5.74) is 10.6. The van der Waals surface area contributed by atoms with E-state index in [0.29, 0.717) is 12.5 Å². The lowest BCUT2D eigenvalue weighted by atomic mass is 9.93. The number of aryl methyl sites for hydroxylation is 1. The molecule has 0 bridgehead atoms. The van der Waals surface area contributed by atoms with Gasteiger partial charge in [0.15, 0.2) is 0 Å². The summed E-state index contributed by atoms with van der Waals surface area (Å²) in [5.74, 6) is 0.492. The van der Waals surface area contributed by atoms with Gasteiger partial charge < -0.3 is 4.74 Å². The third-order valence-corrected chi connectivity index (χ3v) is 3.09. The highest BCUT2D eigenvalue weighted by Crippen LogP contribution is 2.28. The first-order chi connectivity index (χ1) is 8.31. The van der Waals surface area contributed by atoms with Crippen LogP contribution in [0, 0.1) is 0 Å². The average Bonchev–Trinajstić information content (AvgIpc) is 2.72. The lowest BCUT2D eigenvalue weighted by Gasteiger charge is -2.21. The van der Waals surface area contributed by atoms with Crippen LogP contribution in [-0.4, -0.2) is 29.5 Å². The molecule has 0 saturated carbocycles. The molecule has 0 atom stereocenters. The van der Waals surface area contributed by atoms with Crippen molar-refractivity contribution < 1.29 is 4.74 Å². The van der Waals surface area contributed by atoms with Crippen LogP contribution in [0.1, 0.15) is 30.0 Å². The molecule has 0 unspecified atom stereocenters. The molecule has 0 N–H and O–H groups in total. The van der Waals surface area contributed by atoms with Crippen molar-refractivity contribution in [2.24, 2.45) is 12.2 Å². The first kappa shape index (κ1) is 12.0. The fraction of sp³-hybridized carbons (Fsp3) is 0.727. The lowest BCUT2D eigenvalue weighted by Crippen LogP contribution is -2.16. The molecular formula is C11H17N5O. The Hall–Kier alpha value is -1.52. The predicted molar refractivity (Wildman–Crippen MR) is 63.7 cm³/mol. The molecule has 17 heavy (non-hydrogen) atoms. The van der Waals surface area contributed by atoms with Crippen molar-refractivity contribution >= 4 is 0 Å². The van der Waals surface area contributed by atoms with E-state index in [2.05, 4.69) is 15.1 Å². The number of rotatable bonds is 4. The number of azide groups is 1. The van der Waals surface area contributed by atoms with Crippen molar-refractivity contribution in [2.75, 3.05) is 19.8 Å². The van der Waals surface area contributed by atoms with Crippen LogP contribution < -0.4 is 0 Å². The molecule has 92 valence electrons. The topological polar surface area (TPSA) is 75.8 Å². The Morgan fingerprint density at radius 2 is 2.35 bits per heavy atom. The Balaban J connectivity index is 2.11. The van der Waals surface area contributed by atoms with E-state index in [0.717, 1.165) is 38.2 Å². The molecule has 0 aliphatic carbocycles. The first-order valence-corrected chi connectivity index (χ1v) is 5.92. The quantitative estimate of drug-likeness (QED) is 0.455. The Kier molecular flexibility index (Phi) is 4.01. The van der Waals surface area contributed by atoms with Gasteiger partial charge in [0.1, 0.15) is 0 Å². The molecule has 0 spiro atoms. The molecule has 6 nitrogen and oxygen atoms in total. The maximum atomic E-state index is 8.29. The fourth-order valence-corrected chi connectivity index (χ4v) is 2.28. The monoisotopic (exact) mass is 235 g/mol. The van der Waals surface area contributed by atoms with Crippen LogP contribution in [0.4, 0.5) is 0 Å². The Labute approximate surface area is 100 Å². The molecule has 6 heteroatoms. The minimum absolute atomic E-state index is 0.492. The standard InChI is InChI=1S/C11H17N5O/c1-16-8-10(2-5-13-15-12)11(14-16)9-3-6-17-7-4-9/h8-9H,2-7H2,1H3. The molecule has 0 radical (unpaired) electrons. The highest BCUT2D eigenvalue weighted by molar-refractivity contribution is 5.22. The van der Waals surface area contributed by atoms with Gasteiger partial charge >= 0.3 is 0 Å². The largest absolute Gasteiger partial charge is 0.381 e. The van der Waals surface area contributed by atoms with E-state index in [-0.39, 0.29) is 0 Å². The summed E-state index contributed by atoms with van der Waals surface area (Å²) in [6, 6.07) is 0. The van der Waals surface area contributed by atoms with Crippen molar-refractivity contribution in [2.45, 2.75) is 25.2 Å². The van der Waals surface area contributed by atoms with Crippen molar-refractivity contribution in [3.05, 3.63) is 27.9 Å². The molecule has 1 saturated heterocycles. The molecule has 1 aromatic rings. The van der Waals surface area contributed by atoms with E-state index < -0.39 is 0 Å². The Morgan fingerprint density at radius 1 is 1.59 bits per heavy atom. The lowest BCUT2D eigenvalue weighted by molar-refractivity contribution is 0.0842. The molecule has 1 aliphatic heterocycles. The van der Waals surface area contributed by atoms with Crippen LogP contribution in [0.3, 0.4) is 0 Å². The zero-order valence-electron chi connectivity index (χ0n) is 10.0. The van der Waals surface area contributed by atoms with Crippen molar-refractivity contribution in [1.29, 1.82) is 0 Å². The van der Waals surface area contributed by atoms with Crippen LogP contribution in [-0.2, 0) is 18.2 Å². The van der Waals surface area contributed by atoms with Gasteiger partial charge in [-0.25, -0.2) is 0 Å². The molecule has 2 rings (SSSR count). The van der Waals surface area contributed by atoms with E-state index >= 15 is 0 Å². The van der Waals surface area contributed by atoms with Gasteiger partial charge in [0.05, 0.1) is 5.69 Å². The number of nitrogens with zero attached hydrogens (tertiary/aromatic N) is 5. The van der Waals surface area contributed by atoms with Crippen molar-refractivity contribution in [1.82, 2.24) is 9.78 Å². The van der Waals surface area contributed by atoms with Crippen LogP contribution >= 0.6 is 0 Å². The number of ether oxygens (including phenoxy) is 1. The fourth-order valence-electron chi connectivity index (χ4n) is 2.28. The second-order valence-electron chi connectivity index (χ2n) is 4.30. The van der Waals surface area contributed by atoms with Gasteiger partial charge in [0.25, 0.3) is 0 Å². The van der Waals surface area contributed by atoms with E-state index in [9.17, 15) is 0 Å². The Bertz CT molecular complexity index is 415. The highest BCUT2D eigenvalue weighted by Gasteiger charge is 2.21. The molecule has 1 aliphatic rings. The van der Waals surface area contributed by atoms with E-state index in [4.69, 9.17) is 10.3 Å². The summed E-state index contributed by atoms with van der Waals surface area (Å²) < 4.78 is 7.21. The molecule has 2 heterocycles. The van der Waals surface area contributed by atoms with E-state index in [1.165, 1.54) is 5.56 Å². The zero-order valence-corrected chi connectivity index (χ0v) is 10.0. The predicted octanol–water partition coefficient (Wildman–Crippen LogP) is 2.17. The maximum Gasteiger partial charge on any atom is 0.0689 e. The normalized spacial score (nSPS) is 16.8. The van der Waals surface area contributed by atoms with Gasteiger partial charge in [-0.1, -0.05) is 5.11 Å². The van der Waals surface area contributed by atoms with Crippen LogP contribution in [0.25, 0.3) is 10.4 Å². The van der Waals surface area contributed by atoms with Gasteiger partial charge in [0.2, 0.25) is 0 Å². The first-order valence-electron chi connectivity index (χ1n) is 5.92. The number of hydrogen-bond acceptors (Lipinski definition) is 3. The van der Waals surface area contributed by atoms with Gasteiger partial charge in [-0.2, -0.15) is 5.10 Å². The Morgan fingerprint density at radius 3 is 3.06 bits per heavy atom. The molecule has 0 amide bonds.